The van der Waals surface area contributed by atoms with Crippen LogP contribution in [0.4, 0.5) is 4.39 Å². The molecule has 0 aliphatic carbocycles. The number of hydrogen-bond acceptors (Lipinski definition) is 3. The third-order valence-corrected chi connectivity index (χ3v) is 2.20. The predicted octanol–water partition coefficient (Wildman–Crippen LogP) is 1.48. The van der Waals surface area contributed by atoms with E-state index in [0.717, 1.165) is 0 Å². The molecule has 1 aromatic rings. The number of nitrogens with one attached hydrogen (secondary N) is 1. The summed E-state index contributed by atoms with van der Waals surface area (Å²) >= 11 is 0. The summed E-state index contributed by atoms with van der Waals surface area (Å²) in [6, 6.07) is 3.98. The molecule has 0 aliphatic rings. The van der Waals surface area contributed by atoms with Gasteiger partial charge >= 0.3 is 0 Å². The third kappa shape index (κ3) is 2.91. The molecule has 0 amide bonds. The molecule has 0 spiro atoms. The molecule has 1 unspecified atom stereocenters. The van der Waals surface area contributed by atoms with Crippen LogP contribution in [0.3, 0.4) is 0 Å². The summed E-state index contributed by atoms with van der Waals surface area (Å²) in [5.74, 6) is 0.249. The van der Waals surface area contributed by atoms with Gasteiger partial charge in [-0.15, -0.1) is 0 Å². The fourth-order valence-corrected chi connectivity index (χ4v) is 1.50. The van der Waals surface area contributed by atoms with E-state index in [2.05, 4.69) is 5.32 Å². The van der Waals surface area contributed by atoms with Gasteiger partial charge in [-0.05, 0) is 24.7 Å². The topological polar surface area (TPSA) is 41.5 Å². The van der Waals surface area contributed by atoms with Gasteiger partial charge in [0, 0.05) is 5.56 Å². The first-order valence-corrected chi connectivity index (χ1v) is 4.90. The van der Waals surface area contributed by atoms with E-state index in [1.165, 1.54) is 19.2 Å². The molecule has 0 saturated carbocycles. The molecular formula is C11H16FNO2. The maximum atomic E-state index is 13.1. The van der Waals surface area contributed by atoms with Gasteiger partial charge in [-0.2, -0.15) is 0 Å². The van der Waals surface area contributed by atoms with Gasteiger partial charge in [0.15, 0.2) is 0 Å². The number of benzene rings is 1. The van der Waals surface area contributed by atoms with Crippen LogP contribution in [0.1, 0.15) is 18.5 Å². The largest absolute Gasteiger partial charge is 0.496 e. The quantitative estimate of drug-likeness (QED) is 0.778. The summed E-state index contributed by atoms with van der Waals surface area (Å²) in [6.45, 7) is 2.53. The lowest BCUT2D eigenvalue weighted by Crippen LogP contribution is -2.24. The van der Waals surface area contributed by atoms with Gasteiger partial charge < -0.3 is 15.2 Å². The van der Waals surface area contributed by atoms with Crippen molar-refractivity contribution in [3.05, 3.63) is 29.6 Å². The lowest BCUT2D eigenvalue weighted by molar-refractivity contribution is 0.242. The van der Waals surface area contributed by atoms with E-state index in [1.807, 2.05) is 6.92 Å². The van der Waals surface area contributed by atoms with Crippen molar-refractivity contribution in [1.29, 1.82) is 0 Å². The maximum Gasteiger partial charge on any atom is 0.123 e. The Morgan fingerprint density at radius 1 is 1.53 bits per heavy atom. The van der Waals surface area contributed by atoms with E-state index in [4.69, 9.17) is 4.74 Å². The number of methoxy groups -OCH3 is 1. The Morgan fingerprint density at radius 3 is 2.80 bits per heavy atom. The Kier molecular flexibility index (Phi) is 4.52. The van der Waals surface area contributed by atoms with Crippen LogP contribution >= 0.6 is 0 Å². The van der Waals surface area contributed by atoms with Crippen molar-refractivity contribution in [3.8, 4) is 5.75 Å². The van der Waals surface area contributed by atoms with E-state index in [0.29, 0.717) is 17.9 Å². The Bertz CT molecular complexity index is 317. The molecule has 3 nitrogen and oxygen atoms in total. The summed E-state index contributed by atoms with van der Waals surface area (Å²) in [5, 5.41) is 12.2. The highest BCUT2D eigenvalue weighted by Crippen LogP contribution is 2.25. The first-order chi connectivity index (χ1) is 7.22. The predicted molar refractivity (Wildman–Crippen MR) is 56.5 cm³/mol. The molecule has 0 aromatic heterocycles. The standard InChI is InChI=1S/C11H16FNO2/c1-3-13-10(7-14)9-6-8(12)4-5-11(9)15-2/h4-6,10,13-14H,3,7H2,1-2H3. The second kappa shape index (κ2) is 5.68. The van der Waals surface area contributed by atoms with Crippen LogP contribution in [0.15, 0.2) is 18.2 Å². The maximum absolute atomic E-state index is 13.1. The number of halogens is 1. The van der Waals surface area contributed by atoms with E-state index in [9.17, 15) is 9.50 Å². The minimum absolute atomic E-state index is 0.0896. The fourth-order valence-electron chi connectivity index (χ4n) is 1.50. The fraction of sp³-hybridized carbons (Fsp3) is 0.455. The smallest absolute Gasteiger partial charge is 0.123 e. The van der Waals surface area contributed by atoms with Crippen molar-refractivity contribution in [1.82, 2.24) is 5.32 Å². The molecule has 0 fully saturated rings. The number of aliphatic hydroxyl groups is 1. The van der Waals surface area contributed by atoms with Gasteiger partial charge in [0.25, 0.3) is 0 Å². The normalized spacial score (nSPS) is 12.5. The average Bonchev–Trinajstić information content (AvgIpc) is 2.26. The van der Waals surface area contributed by atoms with Crippen LogP contribution in [0.25, 0.3) is 0 Å². The molecule has 15 heavy (non-hydrogen) atoms. The molecule has 0 bridgehead atoms. The molecular weight excluding hydrogens is 197 g/mol. The van der Waals surface area contributed by atoms with Crippen molar-refractivity contribution in [2.75, 3.05) is 20.3 Å². The Morgan fingerprint density at radius 2 is 2.27 bits per heavy atom. The van der Waals surface area contributed by atoms with Gasteiger partial charge in [-0.1, -0.05) is 6.92 Å². The highest BCUT2D eigenvalue weighted by atomic mass is 19.1. The van der Waals surface area contributed by atoms with Gasteiger partial charge in [-0.3, -0.25) is 0 Å². The highest BCUT2D eigenvalue weighted by Gasteiger charge is 2.14. The van der Waals surface area contributed by atoms with Crippen molar-refractivity contribution >= 4 is 0 Å². The molecule has 2 N–H and O–H groups in total. The van der Waals surface area contributed by atoms with Gasteiger partial charge in [0.1, 0.15) is 11.6 Å². The number of ether oxygens (including phenoxy) is 1. The molecule has 0 aliphatic heterocycles. The van der Waals surface area contributed by atoms with Crippen molar-refractivity contribution in [3.63, 3.8) is 0 Å². The summed E-state index contributed by atoms with van der Waals surface area (Å²) < 4.78 is 18.2. The van der Waals surface area contributed by atoms with Crippen LogP contribution in [0.5, 0.6) is 5.75 Å². The number of aliphatic hydroxyl groups excluding tert-OH is 1. The number of likely N-dealkylation sites (N-methyl/N-ethyl adjacent to an activating group) is 1. The first kappa shape index (κ1) is 11.9. The molecule has 1 rings (SSSR count). The van der Waals surface area contributed by atoms with E-state index >= 15 is 0 Å². The summed E-state index contributed by atoms with van der Waals surface area (Å²) in [4.78, 5) is 0. The lowest BCUT2D eigenvalue weighted by atomic mass is 10.1. The molecule has 0 heterocycles. The molecule has 1 atom stereocenters. The Labute approximate surface area is 88.9 Å². The zero-order valence-corrected chi connectivity index (χ0v) is 8.96. The minimum atomic E-state index is -0.331. The van der Waals surface area contributed by atoms with Gasteiger partial charge in [0.2, 0.25) is 0 Å². The van der Waals surface area contributed by atoms with Crippen molar-refractivity contribution in [2.24, 2.45) is 0 Å². The van der Waals surface area contributed by atoms with E-state index in [1.54, 1.807) is 6.07 Å². The second-order valence-corrected chi connectivity index (χ2v) is 3.18. The monoisotopic (exact) mass is 213 g/mol. The summed E-state index contributed by atoms with van der Waals surface area (Å²) in [5.41, 5.74) is 0.641. The summed E-state index contributed by atoms with van der Waals surface area (Å²) in [6.07, 6.45) is 0. The third-order valence-electron chi connectivity index (χ3n) is 2.20. The van der Waals surface area contributed by atoms with Crippen LogP contribution in [0, 0.1) is 5.82 Å². The molecule has 0 radical (unpaired) electrons. The first-order valence-electron chi connectivity index (χ1n) is 4.90. The zero-order valence-electron chi connectivity index (χ0n) is 8.96. The van der Waals surface area contributed by atoms with Crippen LogP contribution < -0.4 is 10.1 Å². The second-order valence-electron chi connectivity index (χ2n) is 3.18. The van der Waals surface area contributed by atoms with Gasteiger partial charge in [0.05, 0.1) is 19.8 Å². The van der Waals surface area contributed by atoms with Crippen LogP contribution in [-0.2, 0) is 0 Å². The lowest BCUT2D eigenvalue weighted by Gasteiger charge is -2.18. The zero-order chi connectivity index (χ0) is 11.3. The Hall–Kier alpha value is -1.13. The Balaban J connectivity index is 3.02. The summed E-state index contributed by atoms with van der Waals surface area (Å²) in [7, 11) is 1.52. The van der Waals surface area contributed by atoms with Crippen LogP contribution in [0.2, 0.25) is 0 Å². The number of rotatable bonds is 5. The van der Waals surface area contributed by atoms with E-state index in [-0.39, 0.29) is 18.5 Å². The van der Waals surface area contributed by atoms with E-state index < -0.39 is 0 Å². The van der Waals surface area contributed by atoms with Gasteiger partial charge in [-0.25, -0.2) is 4.39 Å². The molecule has 0 saturated heterocycles. The molecule has 1 aromatic carbocycles. The SMILES string of the molecule is CCNC(CO)c1cc(F)ccc1OC. The van der Waals surface area contributed by atoms with Crippen LogP contribution in [-0.4, -0.2) is 25.4 Å². The average molecular weight is 213 g/mol. The molecule has 84 valence electrons. The van der Waals surface area contributed by atoms with Crippen molar-refractivity contribution < 1.29 is 14.2 Å². The highest BCUT2D eigenvalue weighted by molar-refractivity contribution is 5.36. The minimum Gasteiger partial charge on any atom is -0.496 e. The van der Waals surface area contributed by atoms with Crippen molar-refractivity contribution in [2.45, 2.75) is 13.0 Å². The molecule has 4 heteroatoms. The number of hydrogen-bond donors (Lipinski definition) is 2.